The monoisotopic (exact) mass is 968 g/mol. The topological polar surface area (TPSA) is 32.8 Å². The summed E-state index contributed by atoms with van der Waals surface area (Å²) in [6, 6.07) is 96.4. The fraction of sp³-hybridized carbons (Fsp3) is 0. The molecular formula is C72H44N2O2. The van der Waals surface area contributed by atoms with E-state index in [1.807, 2.05) is 0 Å². The Kier molecular flexibility index (Phi) is 9.30. The van der Waals surface area contributed by atoms with E-state index in [1.165, 1.54) is 37.7 Å². The van der Waals surface area contributed by atoms with Gasteiger partial charge in [0.05, 0.1) is 17.1 Å². The van der Waals surface area contributed by atoms with Gasteiger partial charge in [-0.25, -0.2) is 0 Å². The molecule has 76 heavy (non-hydrogen) atoms. The number of rotatable bonds is 7. The second-order valence-electron chi connectivity index (χ2n) is 19.9. The minimum Gasteiger partial charge on any atom is -0.456 e. The molecule has 16 rings (SSSR count). The van der Waals surface area contributed by atoms with Gasteiger partial charge in [-0.2, -0.15) is 0 Å². The smallest absolute Gasteiger partial charge is 0.160 e. The van der Waals surface area contributed by atoms with Crippen molar-refractivity contribution in [2.75, 3.05) is 9.80 Å². The highest BCUT2D eigenvalue weighted by Gasteiger charge is 2.26. The van der Waals surface area contributed by atoms with E-state index < -0.39 is 0 Å². The molecular weight excluding hydrogens is 925 g/mol. The SMILES string of the molecule is c1ccc(N(c2ccc(-c3ccc(N(c4ccccc4)c4cc5ccccc5c5c4oc4ccc6ccccc6c45)c4cc5ccccc5cc34)cc2)c2cc3oc4ccc5ccccc5c4c3c3ccccc23)cc1. The van der Waals surface area contributed by atoms with Gasteiger partial charge in [-0.15, -0.1) is 0 Å². The highest BCUT2D eigenvalue weighted by atomic mass is 16.3. The van der Waals surface area contributed by atoms with Gasteiger partial charge >= 0.3 is 0 Å². The zero-order chi connectivity index (χ0) is 49.8. The molecule has 0 saturated carbocycles. The average molecular weight is 969 g/mol. The molecule has 0 spiro atoms. The molecule has 4 nitrogen and oxygen atoms in total. The summed E-state index contributed by atoms with van der Waals surface area (Å²) in [4.78, 5) is 4.78. The van der Waals surface area contributed by atoms with Crippen LogP contribution in [0.2, 0.25) is 0 Å². The van der Waals surface area contributed by atoms with E-state index in [2.05, 4.69) is 277 Å². The average Bonchev–Trinajstić information content (AvgIpc) is 4.29. The molecule has 0 amide bonds. The Morgan fingerprint density at radius 3 is 1.38 bits per heavy atom. The molecule has 354 valence electrons. The Morgan fingerprint density at radius 2 is 0.724 bits per heavy atom. The second-order valence-corrected chi connectivity index (χ2v) is 19.9. The normalized spacial score (nSPS) is 11.9. The van der Waals surface area contributed by atoms with Gasteiger partial charge in [0.2, 0.25) is 0 Å². The van der Waals surface area contributed by atoms with Crippen LogP contribution in [0.15, 0.2) is 276 Å². The van der Waals surface area contributed by atoms with E-state index >= 15 is 0 Å². The fourth-order valence-electron chi connectivity index (χ4n) is 12.3. The summed E-state index contributed by atoms with van der Waals surface area (Å²) >= 11 is 0. The minimum atomic E-state index is 0.853. The summed E-state index contributed by atoms with van der Waals surface area (Å²) in [5.41, 5.74) is 12.0. The highest BCUT2D eigenvalue weighted by Crippen LogP contribution is 2.51. The maximum Gasteiger partial charge on any atom is 0.160 e. The molecule has 0 aliphatic carbocycles. The van der Waals surface area contributed by atoms with Gasteiger partial charge in [0.15, 0.2) is 5.58 Å². The van der Waals surface area contributed by atoms with Gasteiger partial charge in [0.1, 0.15) is 16.7 Å². The Morgan fingerprint density at radius 1 is 0.237 bits per heavy atom. The van der Waals surface area contributed by atoms with Crippen molar-refractivity contribution in [3.05, 3.63) is 267 Å². The maximum atomic E-state index is 7.12. The van der Waals surface area contributed by atoms with Crippen LogP contribution in [0, 0.1) is 0 Å². The van der Waals surface area contributed by atoms with Gasteiger partial charge in [-0.3, -0.25) is 0 Å². The number of hydrogen-bond acceptors (Lipinski definition) is 4. The number of para-hydroxylation sites is 2. The molecule has 0 aliphatic heterocycles. The molecule has 0 bridgehead atoms. The van der Waals surface area contributed by atoms with E-state index in [0.29, 0.717) is 0 Å². The number of nitrogens with zero attached hydrogens (tertiary/aromatic N) is 2. The second kappa shape index (κ2) is 16.7. The number of anilines is 6. The predicted molar refractivity (Wildman–Crippen MR) is 321 cm³/mol. The van der Waals surface area contributed by atoms with Crippen LogP contribution >= 0.6 is 0 Å². The van der Waals surface area contributed by atoms with E-state index in [1.54, 1.807) is 0 Å². The van der Waals surface area contributed by atoms with Crippen molar-refractivity contribution in [3.8, 4) is 11.1 Å². The lowest BCUT2D eigenvalue weighted by atomic mass is 9.93. The predicted octanol–water partition coefficient (Wildman–Crippen LogP) is 21.0. The van der Waals surface area contributed by atoms with Crippen LogP contribution in [0.3, 0.4) is 0 Å². The number of benzene rings is 14. The summed E-state index contributed by atoms with van der Waals surface area (Å²) in [7, 11) is 0. The lowest BCUT2D eigenvalue weighted by molar-refractivity contribution is 0.669. The molecule has 0 aliphatic rings. The first-order valence-electron chi connectivity index (χ1n) is 26.0. The summed E-state index contributed by atoms with van der Waals surface area (Å²) < 4.78 is 13.9. The van der Waals surface area contributed by atoms with Gasteiger partial charge in [0.25, 0.3) is 0 Å². The Balaban J connectivity index is 0.896. The van der Waals surface area contributed by atoms with Gasteiger partial charge in [0, 0.05) is 55.4 Å². The van der Waals surface area contributed by atoms with Gasteiger partial charge in [-0.1, -0.05) is 188 Å². The lowest BCUT2D eigenvalue weighted by Gasteiger charge is -2.28. The van der Waals surface area contributed by atoms with Crippen LogP contribution in [-0.4, -0.2) is 0 Å². The maximum absolute atomic E-state index is 7.12. The molecule has 0 saturated heterocycles. The van der Waals surface area contributed by atoms with Crippen LogP contribution in [0.25, 0.3) is 120 Å². The quantitative estimate of drug-likeness (QED) is 0.149. The van der Waals surface area contributed by atoms with Crippen LogP contribution in [0.5, 0.6) is 0 Å². The summed E-state index contributed by atoms with van der Waals surface area (Å²) in [5.74, 6) is 0. The number of furan rings is 2. The third-order valence-electron chi connectivity index (χ3n) is 15.7. The third-order valence-corrected chi connectivity index (χ3v) is 15.7. The Labute approximate surface area is 437 Å². The summed E-state index contributed by atoms with van der Waals surface area (Å²) in [6.45, 7) is 0. The van der Waals surface area contributed by atoms with Crippen molar-refractivity contribution < 1.29 is 8.83 Å². The first-order valence-corrected chi connectivity index (χ1v) is 26.0. The number of hydrogen-bond donors (Lipinski definition) is 0. The Bertz CT molecular complexity index is 5000. The van der Waals surface area contributed by atoms with Crippen LogP contribution < -0.4 is 9.80 Å². The van der Waals surface area contributed by atoms with E-state index in [0.717, 1.165) is 116 Å². The van der Waals surface area contributed by atoms with Crippen molar-refractivity contribution in [1.29, 1.82) is 0 Å². The van der Waals surface area contributed by atoms with Crippen LogP contribution in [-0.2, 0) is 0 Å². The highest BCUT2D eigenvalue weighted by molar-refractivity contribution is 6.30. The molecule has 14 aromatic carbocycles. The van der Waals surface area contributed by atoms with Crippen molar-refractivity contribution in [3.63, 3.8) is 0 Å². The molecule has 0 fully saturated rings. The third kappa shape index (κ3) is 6.44. The van der Waals surface area contributed by atoms with Crippen molar-refractivity contribution in [1.82, 2.24) is 0 Å². The van der Waals surface area contributed by atoms with Crippen molar-refractivity contribution in [2.45, 2.75) is 0 Å². The fourth-order valence-corrected chi connectivity index (χ4v) is 12.3. The summed E-state index contributed by atoms with van der Waals surface area (Å²) in [6.07, 6.45) is 0. The van der Waals surface area contributed by atoms with Crippen molar-refractivity contribution >= 4 is 143 Å². The standard InChI is InChI=1S/C72H44N2O2/c1-3-22-51(23-4-1)73(63-44-67-70(59-30-16-15-29-58(59)63)68-55-26-12-9-17-45(55)33-39-65(68)75-67)53-35-31-47(32-36-53)54-37-38-62(61-42-49-20-8-7-19-48(49)41-60(54)61)74(52-24-5-2-6-25-52)64-43-50-21-11-14-28-57(50)71-69-56-27-13-10-18-46(56)34-40-66(69)76-72(64)71/h1-44H. The molecule has 0 radical (unpaired) electrons. The molecule has 0 N–H and O–H groups in total. The molecule has 16 aromatic rings. The minimum absolute atomic E-state index is 0.853. The van der Waals surface area contributed by atoms with E-state index in [9.17, 15) is 0 Å². The molecule has 0 unspecified atom stereocenters. The number of fused-ring (bicyclic) bond motifs is 16. The molecule has 0 atom stereocenters. The van der Waals surface area contributed by atoms with Crippen LogP contribution in [0.4, 0.5) is 34.1 Å². The van der Waals surface area contributed by atoms with Gasteiger partial charge in [-0.05, 0) is 138 Å². The first kappa shape index (κ1) is 42.4. The molecule has 4 heteroatoms. The van der Waals surface area contributed by atoms with Gasteiger partial charge < -0.3 is 18.6 Å². The lowest BCUT2D eigenvalue weighted by Crippen LogP contribution is -2.11. The first-order chi connectivity index (χ1) is 37.7. The zero-order valence-corrected chi connectivity index (χ0v) is 41.1. The summed E-state index contributed by atoms with van der Waals surface area (Å²) in [5, 5.41) is 18.6. The zero-order valence-electron chi connectivity index (χ0n) is 41.1. The molecule has 2 aromatic heterocycles. The molecule has 2 heterocycles. The van der Waals surface area contributed by atoms with Crippen molar-refractivity contribution in [2.24, 2.45) is 0 Å². The van der Waals surface area contributed by atoms with E-state index in [-0.39, 0.29) is 0 Å². The Hall–Kier alpha value is -10.2. The van der Waals surface area contributed by atoms with E-state index in [4.69, 9.17) is 8.83 Å². The van der Waals surface area contributed by atoms with Crippen LogP contribution in [0.1, 0.15) is 0 Å². The largest absolute Gasteiger partial charge is 0.456 e.